The van der Waals surface area contributed by atoms with Gasteiger partial charge < -0.3 is 26.0 Å². The first kappa shape index (κ1) is 17.9. The smallest absolute Gasteiger partial charge is 0.407 e. The monoisotopic (exact) mass is 311 g/mol. The van der Waals surface area contributed by atoms with E-state index in [0.29, 0.717) is 0 Å². The van der Waals surface area contributed by atoms with Gasteiger partial charge in [0.25, 0.3) is 5.91 Å². The van der Waals surface area contributed by atoms with E-state index in [4.69, 9.17) is 10.5 Å². The van der Waals surface area contributed by atoms with Crippen LogP contribution < -0.4 is 11.1 Å². The molecule has 5 N–H and O–H groups in total. The molecule has 0 saturated heterocycles. The molecule has 0 aliphatic rings. The number of nitrogens with two attached hydrogens (primary N) is 1. The number of aliphatic hydroxyl groups excluding tert-OH is 2. The highest BCUT2D eigenvalue weighted by Crippen LogP contribution is 2.15. The number of nitrogens with zero attached hydrogens (tertiary/aromatic N) is 1. The Morgan fingerprint density at radius 1 is 1.36 bits per heavy atom. The topological polar surface area (TPSA) is 135 Å². The summed E-state index contributed by atoms with van der Waals surface area (Å²) in [6, 6.07) is 4.32. The van der Waals surface area contributed by atoms with Gasteiger partial charge in [-0.05, 0) is 32.9 Å². The number of alkyl carbamates (subject to hydrolysis) is 1. The number of hydrogen-bond donors (Lipinski definition) is 4. The number of aliphatic hydroxyl groups is 2. The second kappa shape index (κ2) is 7.19. The zero-order valence-corrected chi connectivity index (χ0v) is 12.7. The Morgan fingerprint density at radius 3 is 2.55 bits per heavy atom. The average molecular weight is 311 g/mol. The van der Waals surface area contributed by atoms with E-state index >= 15 is 0 Å². The van der Waals surface area contributed by atoms with E-state index in [0.717, 1.165) is 0 Å². The number of amides is 2. The number of hydrogen-bond acceptors (Lipinski definition) is 6. The number of primary amides is 1. The van der Waals surface area contributed by atoms with Crippen molar-refractivity contribution in [3.05, 3.63) is 29.6 Å². The van der Waals surface area contributed by atoms with E-state index in [1.807, 2.05) is 0 Å². The van der Waals surface area contributed by atoms with Crippen LogP contribution in [0.1, 0.15) is 43.1 Å². The Balaban J connectivity index is 2.62. The second-order valence-electron chi connectivity index (χ2n) is 5.71. The average Bonchev–Trinajstić information content (AvgIpc) is 2.42. The van der Waals surface area contributed by atoms with Crippen LogP contribution in [0.4, 0.5) is 4.79 Å². The SMILES string of the molecule is CC(C)(C)OC(=O)NCC(O)C(O)c1cccc(C(N)=O)n1. The molecule has 0 aliphatic heterocycles. The zero-order chi connectivity index (χ0) is 16.9. The fourth-order valence-corrected chi connectivity index (χ4v) is 1.56. The molecule has 0 fully saturated rings. The molecule has 1 rings (SSSR count). The number of pyridine rings is 1. The highest BCUT2D eigenvalue weighted by Gasteiger charge is 2.22. The second-order valence-corrected chi connectivity index (χ2v) is 5.71. The molecule has 2 amide bonds. The van der Waals surface area contributed by atoms with Crippen molar-refractivity contribution in [2.75, 3.05) is 6.54 Å². The molecule has 0 bridgehead atoms. The maximum absolute atomic E-state index is 11.5. The molecule has 1 aromatic rings. The minimum absolute atomic E-state index is 0.0242. The van der Waals surface area contributed by atoms with Crippen LogP contribution in [0.15, 0.2) is 18.2 Å². The largest absolute Gasteiger partial charge is 0.444 e. The van der Waals surface area contributed by atoms with Crippen LogP contribution >= 0.6 is 0 Å². The maximum Gasteiger partial charge on any atom is 0.407 e. The molecule has 0 saturated carbocycles. The quantitative estimate of drug-likeness (QED) is 0.609. The van der Waals surface area contributed by atoms with E-state index in [2.05, 4.69) is 10.3 Å². The summed E-state index contributed by atoms with van der Waals surface area (Å²) in [5, 5.41) is 22.2. The van der Waals surface area contributed by atoms with Crippen molar-refractivity contribution in [1.82, 2.24) is 10.3 Å². The Labute approximate surface area is 128 Å². The first-order valence-corrected chi connectivity index (χ1v) is 6.70. The molecule has 2 unspecified atom stereocenters. The van der Waals surface area contributed by atoms with Crippen molar-refractivity contribution in [1.29, 1.82) is 0 Å². The third-order valence-electron chi connectivity index (χ3n) is 2.54. The number of ether oxygens (including phenoxy) is 1. The molecule has 1 aromatic heterocycles. The Bertz CT molecular complexity index is 542. The lowest BCUT2D eigenvalue weighted by Crippen LogP contribution is -2.39. The molecule has 1 heterocycles. The summed E-state index contributed by atoms with van der Waals surface area (Å²) in [7, 11) is 0. The summed E-state index contributed by atoms with van der Waals surface area (Å²) in [4.78, 5) is 26.3. The lowest BCUT2D eigenvalue weighted by Gasteiger charge is -2.22. The summed E-state index contributed by atoms with van der Waals surface area (Å²) in [5.41, 5.74) is 4.49. The van der Waals surface area contributed by atoms with Crippen LogP contribution in [0.3, 0.4) is 0 Å². The maximum atomic E-state index is 11.5. The van der Waals surface area contributed by atoms with Crippen molar-refractivity contribution in [3.63, 3.8) is 0 Å². The highest BCUT2D eigenvalue weighted by molar-refractivity contribution is 5.90. The van der Waals surface area contributed by atoms with Crippen LogP contribution in [0.2, 0.25) is 0 Å². The molecule has 8 heteroatoms. The number of aromatic nitrogens is 1. The lowest BCUT2D eigenvalue weighted by molar-refractivity contribution is 0.0108. The minimum Gasteiger partial charge on any atom is -0.444 e. The minimum atomic E-state index is -1.38. The first-order chi connectivity index (χ1) is 10.1. The van der Waals surface area contributed by atoms with Gasteiger partial charge in [0, 0.05) is 6.54 Å². The third-order valence-corrected chi connectivity index (χ3v) is 2.54. The first-order valence-electron chi connectivity index (χ1n) is 6.70. The lowest BCUT2D eigenvalue weighted by atomic mass is 10.1. The predicted molar refractivity (Wildman–Crippen MR) is 78.0 cm³/mol. The van der Waals surface area contributed by atoms with Crippen LogP contribution in [0.5, 0.6) is 0 Å². The van der Waals surface area contributed by atoms with Crippen molar-refractivity contribution in [3.8, 4) is 0 Å². The van der Waals surface area contributed by atoms with Gasteiger partial charge >= 0.3 is 6.09 Å². The van der Waals surface area contributed by atoms with Crippen LogP contribution in [-0.4, -0.2) is 45.4 Å². The zero-order valence-electron chi connectivity index (χ0n) is 12.7. The number of carbonyl (C=O) groups excluding carboxylic acids is 2. The summed E-state index contributed by atoms with van der Waals surface area (Å²) < 4.78 is 5.00. The fourth-order valence-electron chi connectivity index (χ4n) is 1.56. The van der Waals surface area contributed by atoms with Gasteiger partial charge in [0.15, 0.2) is 0 Å². The molecule has 22 heavy (non-hydrogen) atoms. The van der Waals surface area contributed by atoms with E-state index in [9.17, 15) is 19.8 Å². The normalized spacial score (nSPS) is 14.0. The Hall–Kier alpha value is -2.19. The van der Waals surface area contributed by atoms with Gasteiger partial charge in [-0.25, -0.2) is 9.78 Å². The molecule has 8 nitrogen and oxygen atoms in total. The molecule has 2 atom stereocenters. The molecule has 122 valence electrons. The van der Waals surface area contributed by atoms with Gasteiger partial charge in [-0.3, -0.25) is 4.79 Å². The number of nitrogens with one attached hydrogen (secondary N) is 1. The van der Waals surface area contributed by atoms with E-state index in [-0.39, 0.29) is 17.9 Å². The van der Waals surface area contributed by atoms with Crippen molar-refractivity contribution < 1.29 is 24.5 Å². The molecule has 0 spiro atoms. The number of rotatable bonds is 5. The van der Waals surface area contributed by atoms with E-state index in [1.54, 1.807) is 20.8 Å². The van der Waals surface area contributed by atoms with E-state index in [1.165, 1.54) is 18.2 Å². The van der Waals surface area contributed by atoms with Crippen LogP contribution in [-0.2, 0) is 4.74 Å². The number of carbonyl (C=O) groups is 2. The summed E-state index contributed by atoms with van der Waals surface area (Å²) in [5.74, 6) is -0.740. The summed E-state index contributed by atoms with van der Waals surface area (Å²) in [6.07, 6.45) is -3.41. The van der Waals surface area contributed by atoms with Crippen molar-refractivity contribution in [2.24, 2.45) is 5.73 Å². The molecule has 0 aromatic carbocycles. The predicted octanol–water partition coefficient (Wildman–Crippen LogP) is 0.0995. The molecule has 0 radical (unpaired) electrons. The van der Waals surface area contributed by atoms with Crippen molar-refractivity contribution in [2.45, 2.75) is 38.6 Å². The van der Waals surface area contributed by atoms with E-state index < -0.39 is 29.8 Å². The van der Waals surface area contributed by atoms with Crippen LogP contribution in [0.25, 0.3) is 0 Å². The van der Waals surface area contributed by atoms with Gasteiger partial charge in [-0.15, -0.1) is 0 Å². The summed E-state index contributed by atoms with van der Waals surface area (Å²) in [6.45, 7) is 4.88. The van der Waals surface area contributed by atoms with Gasteiger partial charge in [0.05, 0.1) is 5.69 Å². The Kier molecular flexibility index (Phi) is 5.84. The summed E-state index contributed by atoms with van der Waals surface area (Å²) >= 11 is 0. The fraction of sp³-hybridized carbons (Fsp3) is 0.500. The van der Waals surface area contributed by atoms with Gasteiger partial charge in [0.1, 0.15) is 23.5 Å². The highest BCUT2D eigenvalue weighted by atomic mass is 16.6. The molecule has 0 aliphatic carbocycles. The van der Waals surface area contributed by atoms with Gasteiger partial charge in [0.2, 0.25) is 0 Å². The Morgan fingerprint density at radius 2 is 2.00 bits per heavy atom. The molecular weight excluding hydrogens is 290 g/mol. The third kappa shape index (κ3) is 5.66. The standard InChI is InChI=1S/C14H21N3O5/c1-14(2,3)22-13(21)16-7-10(18)11(19)8-5-4-6-9(17-8)12(15)20/h4-6,10-11,18-19H,7H2,1-3H3,(H2,15,20)(H,16,21). The van der Waals surface area contributed by atoms with Gasteiger partial charge in [-0.1, -0.05) is 6.07 Å². The molecular formula is C14H21N3O5. The van der Waals surface area contributed by atoms with Gasteiger partial charge in [-0.2, -0.15) is 0 Å². The van der Waals surface area contributed by atoms with Crippen molar-refractivity contribution >= 4 is 12.0 Å². The van der Waals surface area contributed by atoms with Crippen LogP contribution in [0, 0.1) is 0 Å².